The molecule has 0 bridgehead atoms. The second-order valence-electron chi connectivity index (χ2n) is 8.94. The van der Waals surface area contributed by atoms with Gasteiger partial charge in [-0.25, -0.2) is 4.79 Å². The number of nitrogens with zero attached hydrogens (tertiary/aromatic N) is 2. The first-order valence-electron chi connectivity index (χ1n) is 10.9. The van der Waals surface area contributed by atoms with Crippen LogP contribution in [0.15, 0.2) is 0 Å². The maximum atomic E-state index is 13.3. The van der Waals surface area contributed by atoms with Gasteiger partial charge in [0.05, 0.1) is 0 Å². The summed E-state index contributed by atoms with van der Waals surface area (Å²) >= 11 is 0. The van der Waals surface area contributed by atoms with E-state index in [9.17, 15) is 14.4 Å². The molecule has 0 spiro atoms. The first-order valence-corrected chi connectivity index (χ1v) is 10.9. The molecular weight excluding hydrogens is 342 g/mol. The van der Waals surface area contributed by atoms with Gasteiger partial charge in [-0.05, 0) is 38.0 Å². The summed E-state index contributed by atoms with van der Waals surface area (Å²) in [5.74, 6) is 0.0349. The van der Waals surface area contributed by atoms with E-state index in [1.807, 2.05) is 13.8 Å². The van der Waals surface area contributed by atoms with Crippen molar-refractivity contribution in [2.24, 2.45) is 5.92 Å². The van der Waals surface area contributed by atoms with Gasteiger partial charge in [0.25, 0.3) is 5.91 Å². The van der Waals surface area contributed by atoms with E-state index in [-0.39, 0.29) is 30.4 Å². The van der Waals surface area contributed by atoms with Crippen LogP contribution in [0.3, 0.4) is 0 Å². The summed E-state index contributed by atoms with van der Waals surface area (Å²) in [6.07, 6.45) is 12.0. The molecule has 0 aromatic rings. The molecule has 1 atom stereocenters. The van der Waals surface area contributed by atoms with Gasteiger partial charge in [0.1, 0.15) is 12.6 Å². The molecule has 3 fully saturated rings. The van der Waals surface area contributed by atoms with Crippen LogP contribution >= 0.6 is 0 Å². The fourth-order valence-corrected chi connectivity index (χ4v) is 5.00. The number of carbonyl (C=O) groups is 3. The molecule has 6 heteroatoms. The molecule has 152 valence electrons. The highest BCUT2D eigenvalue weighted by molar-refractivity contribution is 6.06. The summed E-state index contributed by atoms with van der Waals surface area (Å²) in [7, 11) is 0. The van der Waals surface area contributed by atoms with Gasteiger partial charge < -0.3 is 10.2 Å². The number of hydrogen-bond acceptors (Lipinski definition) is 3. The van der Waals surface area contributed by atoms with Crippen LogP contribution in [0, 0.1) is 5.92 Å². The Morgan fingerprint density at radius 2 is 1.52 bits per heavy atom. The summed E-state index contributed by atoms with van der Waals surface area (Å²) in [6, 6.07) is -0.336. The third-order valence-corrected chi connectivity index (χ3v) is 6.33. The zero-order valence-electron chi connectivity index (χ0n) is 16.9. The molecule has 1 unspecified atom stereocenters. The smallest absolute Gasteiger partial charge is 0.325 e. The summed E-state index contributed by atoms with van der Waals surface area (Å²) in [4.78, 5) is 41.4. The maximum absolute atomic E-state index is 13.3. The highest BCUT2D eigenvalue weighted by atomic mass is 16.2. The molecule has 0 aromatic heterocycles. The maximum Gasteiger partial charge on any atom is 0.325 e. The Kier molecular flexibility index (Phi) is 6.77. The summed E-state index contributed by atoms with van der Waals surface area (Å²) in [6.45, 7) is 3.95. The molecule has 2 aliphatic carbocycles. The van der Waals surface area contributed by atoms with E-state index in [2.05, 4.69) is 10.2 Å². The van der Waals surface area contributed by atoms with Crippen molar-refractivity contribution in [3.8, 4) is 0 Å². The van der Waals surface area contributed by atoms with Gasteiger partial charge in [-0.3, -0.25) is 14.5 Å². The summed E-state index contributed by atoms with van der Waals surface area (Å²) in [5, 5.41) is 2.76. The predicted octanol–water partition coefficient (Wildman–Crippen LogP) is 3.45. The number of nitrogens with one attached hydrogen (secondary N) is 1. The molecule has 1 N–H and O–H groups in total. The number of rotatable bonds is 6. The van der Waals surface area contributed by atoms with Gasteiger partial charge in [-0.1, -0.05) is 52.4 Å². The average molecular weight is 378 g/mol. The first kappa shape index (κ1) is 20.2. The molecule has 3 aliphatic rings. The minimum absolute atomic E-state index is 0.0394. The molecule has 6 nitrogen and oxygen atoms in total. The fraction of sp³-hybridized carbons (Fsp3) is 0.857. The van der Waals surface area contributed by atoms with Crippen LogP contribution in [-0.4, -0.2) is 52.3 Å². The number of carbonyl (C=O) groups excluding carboxylic acids is 3. The van der Waals surface area contributed by atoms with E-state index in [0.717, 1.165) is 30.6 Å². The number of amides is 4. The zero-order chi connectivity index (χ0) is 19.4. The van der Waals surface area contributed by atoms with Crippen molar-refractivity contribution >= 4 is 17.8 Å². The average Bonchev–Trinajstić information content (AvgIpc) is 2.90. The van der Waals surface area contributed by atoms with Gasteiger partial charge in [-0.15, -0.1) is 0 Å². The molecule has 1 aliphatic heterocycles. The Labute approximate surface area is 163 Å². The van der Waals surface area contributed by atoms with Crippen molar-refractivity contribution in [3.05, 3.63) is 0 Å². The van der Waals surface area contributed by atoms with Gasteiger partial charge in [0.15, 0.2) is 0 Å². The molecule has 2 saturated carbocycles. The number of imide groups is 1. The van der Waals surface area contributed by atoms with Crippen molar-refractivity contribution in [3.63, 3.8) is 0 Å². The lowest BCUT2D eigenvalue weighted by Gasteiger charge is -2.42. The Hall–Kier alpha value is -1.59. The first-order chi connectivity index (χ1) is 13.0. The highest BCUT2D eigenvalue weighted by Gasteiger charge is 2.41. The van der Waals surface area contributed by atoms with Crippen molar-refractivity contribution in [1.29, 1.82) is 0 Å². The topological polar surface area (TPSA) is 69.7 Å². The fourth-order valence-electron chi connectivity index (χ4n) is 5.00. The lowest BCUT2D eigenvalue weighted by atomic mass is 9.88. The van der Waals surface area contributed by atoms with Gasteiger partial charge >= 0.3 is 6.03 Å². The van der Waals surface area contributed by atoms with E-state index in [4.69, 9.17) is 0 Å². The molecule has 3 rings (SSSR count). The second-order valence-corrected chi connectivity index (χ2v) is 8.94. The second kappa shape index (κ2) is 9.07. The lowest BCUT2D eigenvalue weighted by Crippen LogP contribution is -2.52. The van der Waals surface area contributed by atoms with E-state index < -0.39 is 12.1 Å². The van der Waals surface area contributed by atoms with Crippen molar-refractivity contribution < 1.29 is 14.4 Å². The monoisotopic (exact) mass is 377 g/mol. The van der Waals surface area contributed by atoms with Crippen molar-refractivity contribution in [2.75, 3.05) is 6.54 Å². The predicted molar refractivity (Wildman–Crippen MR) is 104 cm³/mol. The number of hydrogen-bond donors (Lipinski definition) is 1. The van der Waals surface area contributed by atoms with Crippen LogP contribution in [0.2, 0.25) is 0 Å². The molecule has 1 saturated heterocycles. The van der Waals surface area contributed by atoms with E-state index in [1.54, 1.807) is 0 Å². The molecule has 0 aromatic carbocycles. The molecule has 27 heavy (non-hydrogen) atoms. The van der Waals surface area contributed by atoms with Gasteiger partial charge in [-0.2, -0.15) is 0 Å². The zero-order valence-corrected chi connectivity index (χ0v) is 16.9. The standard InChI is InChI=1S/C21H35N3O3/c1-15(2)13-18-20(26)23(21(27)22-18)14-19(25)24(16-9-5-3-6-10-16)17-11-7-4-8-12-17/h15-18H,3-14H2,1-2H3,(H,22,27). The van der Waals surface area contributed by atoms with E-state index in [0.29, 0.717) is 12.3 Å². The summed E-state index contributed by atoms with van der Waals surface area (Å²) in [5.41, 5.74) is 0. The van der Waals surface area contributed by atoms with Crippen LogP contribution in [0.1, 0.15) is 84.5 Å². The third-order valence-electron chi connectivity index (χ3n) is 6.33. The van der Waals surface area contributed by atoms with Gasteiger partial charge in [0.2, 0.25) is 5.91 Å². The quantitative estimate of drug-likeness (QED) is 0.721. The SMILES string of the molecule is CC(C)CC1NC(=O)N(CC(=O)N(C2CCCCC2)C2CCCCC2)C1=O. The van der Waals surface area contributed by atoms with E-state index in [1.165, 1.54) is 38.5 Å². The lowest BCUT2D eigenvalue weighted by molar-refractivity contribution is -0.142. The molecule has 4 amide bonds. The van der Waals surface area contributed by atoms with Crippen LogP contribution in [0.25, 0.3) is 0 Å². The van der Waals surface area contributed by atoms with Crippen LogP contribution in [-0.2, 0) is 9.59 Å². The minimum atomic E-state index is -0.483. The van der Waals surface area contributed by atoms with Crippen molar-refractivity contribution in [1.82, 2.24) is 15.1 Å². The molecule has 0 radical (unpaired) electrons. The van der Waals surface area contributed by atoms with Gasteiger partial charge in [0, 0.05) is 12.1 Å². The van der Waals surface area contributed by atoms with E-state index >= 15 is 0 Å². The van der Waals surface area contributed by atoms with Crippen LogP contribution < -0.4 is 5.32 Å². The Balaban J connectivity index is 1.69. The Morgan fingerprint density at radius 3 is 2.00 bits per heavy atom. The largest absolute Gasteiger partial charge is 0.335 e. The summed E-state index contributed by atoms with van der Waals surface area (Å²) < 4.78 is 0. The van der Waals surface area contributed by atoms with Crippen LogP contribution in [0.5, 0.6) is 0 Å². The Bertz CT molecular complexity index is 533. The normalized spacial score (nSPS) is 25.1. The third kappa shape index (κ3) is 4.82. The highest BCUT2D eigenvalue weighted by Crippen LogP contribution is 2.30. The van der Waals surface area contributed by atoms with Crippen molar-refractivity contribution in [2.45, 2.75) is 103 Å². The number of urea groups is 1. The van der Waals surface area contributed by atoms with Crippen LogP contribution in [0.4, 0.5) is 4.79 Å². The minimum Gasteiger partial charge on any atom is -0.335 e. The molecular formula is C21H35N3O3. The molecule has 1 heterocycles. The Morgan fingerprint density at radius 1 is 1.00 bits per heavy atom.